The molecule has 6 nitrogen and oxygen atoms in total. The first-order valence-electron chi connectivity index (χ1n) is 8.29. The van der Waals surface area contributed by atoms with Crippen molar-refractivity contribution >= 4 is 17.2 Å². The summed E-state index contributed by atoms with van der Waals surface area (Å²) < 4.78 is 39.8. The predicted molar refractivity (Wildman–Crippen MR) is 91.4 cm³/mol. The molecule has 0 N–H and O–H groups in total. The van der Waals surface area contributed by atoms with Crippen LogP contribution in [0.15, 0.2) is 36.4 Å². The Hall–Kier alpha value is -2.84. The van der Waals surface area contributed by atoms with E-state index in [-0.39, 0.29) is 5.65 Å². The van der Waals surface area contributed by atoms with E-state index in [1.807, 2.05) is 17.0 Å². The van der Waals surface area contributed by atoms with Gasteiger partial charge in [0.05, 0.1) is 0 Å². The number of alkyl halides is 3. The Balaban J connectivity index is 1.55. The third-order valence-electron chi connectivity index (χ3n) is 4.56. The van der Waals surface area contributed by atoms with E-state index in [1.165, 1.54) is 17.3 Å². The highest BCUT2D eigenvalue weighted by Gasteiger charge is 2.37. The van der Waals surface area contributed by atoms with Gasteiger partial charge in [0, 0.05) is 31.9 Å². The Morgan fingerprint density at radius 1 is 0.885 bits per heavy atom. The molecule has 1 fully saturated rings. The summed E-state index contributed by atoms with van der Waals surface area (Å²) in [5, 5.41) is 10.9. The number of aromatic nitrogens is 4. The highest BCUT2D eigenvalue weighted by Crippen LogP contribution is 2.28. The molecular formula is C17H17F3N6. The third-order valence-corrected chi connectivity index (χ3v) is 4.56. The highest BCUT2D eigenvalue weighted by atomic mass is 19.4. The minimum absolute atomic E-state index is 0.0830. The number of anilines is 2. The van der Waals surface area contributed by atoms with Crippen LogP contribution >= 0.6 is 0 Å². The van der Waals surface area contributed by atoms with Crippen LogP contribution in [0.3, 0.4) is 0 Å². The van der Waals surface area contributed by atoms with Gasteiger partial charge in [-0.3, -0.25) is 0 Å². The van der Waals surface area contributed by atoms with Gasteiger partial charge in [0.1, 0.15) is 5.82 Å². The van der Waals surface area contributed by atoms with Crippen molar-refractivity contribution in [2.45, 2.75) is 13.1 Å². The first kappa shape index (κ1) is 16.6. The summed E-state index contributed by atoms with van der Waals surface area (Å²) in [5.74, 6) is -0.611. The number of hydrogen-bond donors (Lipinski definition) is 0. The molecule has 1 aliphatic heterocycles. The number of nitrogens with zero attached hydrogens (tertiary/aromatic N) is 6. The number of aryl methyl sites for hydroxylation is 1. The monoisotopic (exact) mass is 362 g/mol. The van der Waals surface area contributed by atoms with E-state index in [0.717, 1.165) is 17.6 Å². The van der Waals surface area contributed by atoms with Crippen LogP contribution in [-0.4, -0.2) is 46.0 Å². The van der Waals surface area contributed by atoms with Gasteiger partial charge in [0.15, 0.2) is 5.65 Å². The lowest BCUT2D eigenvalue weighted by molar-refractivity contribution is -0.146. The zero-order valence-corrected chi connectivity index (χ0v) is 14.1. The fourth-order valence-electron chi connectivity index (χ4n) is 3.22. The molecule has 3 aromatic rings. The number of fused-ring (bicyclic) bond motifs is 1. The molecule has 0 spiro atoms. The van der Waals surface area contributed by atoms with E-state index in [4.69, 9.17) is 0 Å². The Bertz CT molecular complexity index is 928. The van der Waals surface area contributed by atoms with Crippen LogP contribution in [0.5, 0.6) is 0 Å². The summed E-state index contributed by atoms with van der Waals surface area (Å²) in [6.45, 7) is 4.98. The van der Waals surface area contributed by atoms with Crippen molar-refractivity contribution in [3.63, 3.8) is 0 Å². The standard InChI is InChI=1S/C17H17F3N6/c1-12-4-2-3-5-13(12)24-8-10-25(11-9-24)15-7-6-14-21-22-16(17(18,19)20)26(14)23-15/h2-7H,8-11H2,1H3. The Kier molecular flexibility index (Phi) is 3.93. The molecule has 136 valence electrons. The molecule has 0 atom stereocenters. The van der Waals surface area contributed by atoms with Crippen LogP contribution < -0.4 is 9.80 Å². The number of hydrogen-bond acceptors (Lipinski definition) is 5. The zero-order valence-electron chi connectivity index (χ0n) is 14.1. The normalized spacial score (nSPS) is 15.7. The molecule has 26 heavy (non-hydrogen) atoms. The SMILES string of the molecule is Cc1ccccc1N1CCN(c2ccc3nnc(C(F)(F)F)n3n2)CC1. The second kappa shape index (κ2) is 6.15. The van der Waals surface area contributed by atoms with Gasteiger partial charge in [-0.05, 0) is 30.7 Å². The summed E-state index contributed by atoms with van der Waals surface area (Å²) in [6.07, 6.45) is -4.59. The maximum absolute atomic E-state index is 13.0. The van der Waals surface area contributed by atoms with Gasteiger partial charge in [-0.15, -0.1) is 15.3 Å². The predicted octanol–water partition coefficient (Wildman–Crippen LogP) is 2.78. The minimum Gasteiger partial charge on any atom is -0.368 e. The summed E-state index contributed by atoms with van der Waals surface area (Å²) in [6, 6.07) is 11.4. The van der Waals surface area contributed by atoms with E-state index in [9.17, 15) is 13.2 Å². The first-order chi connectivity index (χ1) is 12.4. The van der Waals surface area contributed by atoms with Crippen molar-refractivity contribution in [2.24, 2.45) is 0 Å². The van der Waals surface area contributed by atoms with Crippen molar-refractivity contribution in [2.75, 3.05) is 36.0 Å². The zero-order chi connectivity index (χ0) is 18.3. The van der Waals surface area contributed by atoms with Crippen LogP contribution in [0.4, 0.5) is 24.7 Å². The Morgan fingerprint density at radius 3 is 2.27 bits per heavy atom. The molecule has 2 aromatic heterocycles. The fraction of sp³-hybridized carbons (Fsp3) is 0.353. The van der Waals surface area contributed by atoms with Crippen LogP contribution in [-0.2, 0) is 6.18 Å². The maximum atomic E-state index is 13.0. The number of benzene rings is 1. The van der Waals surface area contributed by atoms with Crippen molar-refractivity contribution < 1.29 is 13.2 Å². The summed E-state index contributed by atoms with van der Waals surface area (Å²) in [5.41, 5.74) is 2.48. The Morgan fingerprint density at radius 2 is 1.58 bits per heavy atom. The van der Waals surface area contributed by atoms with Crippen LogP contribution in [0, 0.1) is 6.92 Å². The fourth-order valence-corrected chi connectivity index (χ4v) is 3.22. The van der Waals surface area contributed by atoms with Gasteiger partial charge in [-0.2, -0.15) is 17.7 Å². The second-order valence-corrected chi connectivity index (χ2v) is 6.24. The Labute approximate surface area is 147 Å². The van der Waals surface area contributed by atoms with Gasteiger partial charge in [-0.25, -0.2) is 0 Å². The van der Waals surface area contributed by atoms with Crippen LogP contribution in [0.2, 0.25) is 0 Å². The molecule has 0 radical (unpaired) electrons. The molecule has 4 rings (SSSR count). The minimum atomic E-state index is -4.59. The number of para-hydroxylation sites is 1. The van der Waals surface area contributed by atoms with Crippen molar-refractivity contribution in [1.29, 1.82) is 0 Å². The molecule has 1 aromatic carbocycles. The molecule has 1 saturated heterocycles. The maximum Gasteiger partial charge on any atom is 0.453 e. The smallest absolute Gasteiger partial charge is 0.368 e. The molecule has 0 aliphatic carbocycles. The van der Waals surface area contributed by atoms with E-state index in [0.29, 0.717) is 18.9 Å². The van der Waals surface area contributed by atoms with Gasteiger partial charge >= 0.3 is 6.18 Å². The lowest BCUT2D eigenvalue weighted by Crippen LogP contribution is -2.47. The largest absolute Gasteiger partial charge is 0.453 e. The third kappa shape index (κ3) is 2.93. The molecule has 3 heterocycles. The summed E-state index contributed by atoms with van der Waals surface area (Å²) >= 11 is 0. The quantitative estimate of drug-likeness (QED) is 0.702. The van der Waals surface area contributed by atoms with Gasteiger partial charge in [-0.1, -0.05) is 18.2 Å². The number of halogens is 3. The van der Waals surface area contributed by atoms with Gasteiger partial charge < -0.3 is 9.80 Å². The molecular weight excluding hydrogens is 345 g/mol. The second-order valence-electron chi connectivity index (χ2n) is 6.24. The highest BCUT2D eigenvalue weighted by molar-refractivity contribution is 5.55. The number of piperazine rings is 1. The van der Waals surface area contributed by atoms with Crippen molar-refractivity contribution in [1.82, 2.24) is 19.8 Å². The molecule has 0 amide bonds. The summed E-state index contributed by atoms with van der Waals surface area (Å²) in [4.78, 5) is 4.26. The average molecular weight is 362 g/mol. The molecule has 0 bridgehead atoms. The van der Waals surface area contributed by atoms with E-state index >= 15 is 0 Å². The molecule has 9 heteroatoms. The lowest BCUT2D eigenvalue weighted by atomic mass is 10.1. The molecule has 0 saturated carbocycles. The number of rotatable bonds is 2. The first-order valence-corrected chi connectivity index (χ1v) is 8.29. The van der Waals surface area contributed by atoms with Gasteiger partial charge in [0.2, 0.25) is 0 Å². The van der Waals surface area contributed by atoms with Crippen LogP contribution in [0.1, 0.15) is 11.4 Å². The van der Waals surface area contributed by atoms with Crippen molar-refractivity contribution in [3.8, 4) is 0 Å². The van der Waals surface area contributed by atoms with Crippen molar-refractivity contribution in [3.05, 3.63) is 47.8 Å². The topological polar surface area (TPSA) is 49.6 Å². The molecule has 1 aliphatic rings. The van der Waals surface area contributed by atoms with Gasteiger partial charge in [0.25, 0.3) is 5.82 Å². The van der Waals surface area contributed by atoms with E-state index in [1.54, 1.807) is 6.07 Å². The average Bonchev–Trinajstić information content (AvgIpc) is 3.06. The van der Waals surface area contributed by atoms with Crippen LogP contribution in [0.25, 0.3) is 5.65 Å². The summed E-state index contributed by atoms with van der Waals surface area (Å²) in [7, 11) is 0. The molecule has 0 unspecified atom stereocenters. The van der Waals surface area contributed by atoms with E-state index < -0.39 is 12.0 Å². The lowest BCUT2D eigenvalue weighted by Gasteiger charge is -2.37. The van der Waals surface area contributed by atoms with E-state index in [2.05, 4.69) is 39.3 Å².